The number of halogens is 3. The fourth-order valence-corrected chi connectivity index (χ4v) is 1.38. The van der Waals surface area contributed by atoms with Crippen LogP contribution in [0, 0.1) is 23.4 Å². The Kier molecular flexibility index (Phi) is 4.47. The van der Waals surface area contributed by atoms with Gasteiger partial charge in [-0.15, -0.1) is 0 Å². The van der Waals surface area contributed by atoms with E-state index in [1.165, 1.54) is 6.92 Å². The maximum atomic E-state index is 13.2. The topological polar surface area (TPSA) is 43.4 Å². The van der Waals surface area contributed by atoms with Gasteiger partial charge in [0.05, 0.1) is 0 Å². The third-order valence-corrected chi connectivity index (χ3v) is 2.37. The standard InChI is InChI=1S/C12H11F3O3/c1-3-7(6(2)16)12(17)18-11-5-9(14)8(13)4-10(11)15/h4-5,7H,3H2,1-2H3. The predicted molar refractivity (Wildman–Crippen MR) is 56.4 cm³/mol. The maximum absolute atomic E-state index is 13.2. The Balaban J connectivity index is 2.94. The van der Waals surface area contributed by atoms with Crippen LogP contribution in [0.15, 0.2) is 12.1 Å². The van der Waals surface area contributed by atoms with Crippen molar-refractivity contribution in [2.45, 2.75) is 20.3 Å². The zero-order valence-electron chi connectivity index (χ0n) is 9.80. The molecule has 1 aromatic carbocycles. The van der Waals surface area contributed by atoms with Gasteiger partial charge in [-0.3, -0.25) is 9.59 Å². The average molecular weight is 260 g/mol. The largest absolute Gasteiger partial charge is 0.423 e. The number of carbonyl (C=O) groups is 2. The van der Waals surface area contributed by atoms with E-state index in [4.69, 9.17) is 0 Å². The molecule has 0 saturated heterocycles. The van der Waals surface area contributed by atoms with E-state index in [1.54, 1.807) is 6.92 Å². The summed E-state index contributed by atoms with van der Waals surface area (Å²) < 4.78 is 43.2. The van der Waals surface area contributed by atoms with Gasteiger partial charge in [-0.25, -0.2) is 13.2 Å². The molecule has 1 atom stereocenters. The van der Waals surface area contributed by atoms with Crippen LogP contribution in [-0.2, 0) is 9.59 Å². The van der Waals surface area contributed by atoms with Crippen molar-refractivity contribution < 1.29 is 27.5 Å². The Bertz CT molecular complexity index is 486. The summed E-state index contributed by atoms with van der Waals surface area (Å²) in [5, 5.41) is 0. The lowest BCUT2D eigenvalue weighted by atomic mass is 10.0. The van der Waals surface area contributed by atoms with E-state index >= 15 is 0 Å². The molecule has 0 aliphatic carbocycles. The van der Waals surface area contributed by atoms with Gasteiger partial charge in [0.2, 0.25) is 0 Å². The van der Waals surface area contributed by atoms with Gasteiger partial charge in [0, 0.05) is 12.1 Å². The van der Waals surface area contributed by atoms with Crippen LogP contribution in [0.5, 0.6) is 5.75 Å². The van der Waals surface area contributed by atoms with Crippen LogP contribution in [0.2, 0.25) is 0 Å². The van der Waals surface area contributed by atoms with Crippen LogP contribution in [-0.4, -0.2) is 11.8 Å². The van der Waals surface area contributed by atoms with Crippen LogP contribution < -0.4 is 4.74 Å². The van der Waals surface area contributed by atoms with Gasteiger partial charge in [0.1, 0.15) is 11.7 Å². The quantitative estimate of drug-likeness (QED) is 0.362. The highest BCUT2D eigenvalue weighted by molar-refractivity contribution is 5.98. The molecule has 98 valence electrons. The normalized spacial score (nSPS) is 12.1. The molecule has 6 heteroatoms. The molecule has 3 nitrogen and oxygen atoms in total. The fraction of sp³-hybridized carbons (Fsp3) is 0.333. The lowest BCUT2D eigenvalue weighted by Gasteiger charge is -2.11. The van der Waals surface area contributed by atoms with Crippen LogP contribution in [0.1, 0.15) is 20.3 Å². The van der Waals surface area contributed by atoms with E-state index in [2.05, 4.69) is 4.74 Å². The molecule has 0 bridgehead atoms. The Morgan fingerprint density at radius 1 is 1.17 bits per heavy atom. The van der Waals surface area contributed by atoms with Crippen molar-refractivity contribution in [2.24, 2.45) is 5.92 Å². The molecular weight excluding hydrogens is 249 g/mol. The molecule has 0 heterocycles. The molecule has 0 aliphatic heterocycles. The second kappa shape index (κ2) is 5.66. The second-order valence-electron chi connectivity index (χ2n) is 3.69. The number of carbonyl (C=O) groups excluding carboxylic acids is 2. The predicted octanol–water partition coefficient (Wildman–Crippen LogP) is 2.62. The van der Waals surface area contributed by atoms with E-state index in [0.717, 1.165) is 0 Å². The number of esters is 1. The summed E-state index contributed by atoms with van der Waals surface area (Å²) in [5.41, 5.74) is 0. The zero-order valence-corrected chi connectivity index (χ0v) is 9.80. The summed E-state index contributed by atoms with van der Waals surface area (Å²) in [5.74, 6) is -7.14. The molecule has 0 saturated carbocycles. The lowest BCUT2D eigenvalue weighted by molar-refractivity contribution is -0.143. The summed E-state index contributed by atoms with van der Waals surface area (Å²) in [7, 11) is 0. The molecule has 0 radical (unpaired) electrons. The Morgan fingerprint density at radius 3 is 2.22 bits per heavy atom. The van der Waals surface area contributed by atoms with E-state index in [9.17, 15) is 22.8 Å². The van der Waals surface area contributed by atoms with Crippen molar-refractivity contribution >= 4 is 11.8 Å². The SMILES string of the molecule is CCC(C(C)=O)C(=O)Oc1cc(F)c(F)cc1F. The highest BCUT2D eigenvalue weighted by Gasteiger charge is 2.25. The Labute approximate surface area is 102 Å². The van der Waals surface area contributed by atoms with E-state index in [0.29, 0.717) is 6.07 Å². The van der Waals surface area contributed by atoms with Gasteiger partial charge >= 0.3 is 5.97 Å². The first-order chi connectivity index (χ1) is 8.36. The minimum Gasteiger partial charge on any atom is -0.423 e. The van der Waals surface area contributed by atoms with Crippen molar-refractivity contribution in [3.63, 3.8) is 0 Å². The molecule has 1 aromatic rings. The minimum absolute atomic E-state index is 0.180. The molecule has 1 unspecified atom stereocenters. The van der Waals surface area contributed by atoms with Gasteiger partial charge in [0.15, 0.2) is 23.2 Å². The van der Waals surface area contributed by atoms with Crippen molar-refractivity contribution in [2.75, 3.05) is 0 Å². The molecule has 1 rings (SSSR count). The molecule has 0 spiro atoms. The highest BCUT2D eigenvalue weighted by Crippen LogP contribution is 2.22. The lowest BCUT2D eigenvalue weighted by Crippen LogP contribution is -2.26. The Hall–Kier alpha value is -1.85. The van der Waals surface area contributed by atoms with E-state index < -0.39 is 40.9 Å². The number of benzene rings is 1. The van der Waals surface area contributed by atoms with Crippen molar-refractivity contribution in [1.29, 1.82) is 0 Å². The smallest absolute Gasteiger partial charge is 0.321 e. The number of Topliss-reactive ketones (excluding diaryl/α,β-unsaturated/α-hetero) is 1. The van der Waals surface area contributed by atoms with Gasteiger partial charge in [-0.05, 0) is 13.3 Å². The monoisotopic (exact) mass is 260 g/mol. The van der Waals surface area contributed by atoms with Crippen molar-refractivity contribution in [1.82, 2.24) is 0 Å². The summed E-state index contributed by atoms with van der Waals surface area (Å²) in [4.78, 5) is 22.6. The molecule has 0 N–H and O–H groups in total. The second-order valence-corrected chi connectivity index (χ2v) is 3.69. The van der Waals surface area contributed by atoms with Gasteiger partial charge in [0.25, 0.3) is 0 Å². The third-order valence-electron chi connectivity index (χ3n) is 2.37. The first-order valence-corrected chi connectivity index (χ1v) is 5.23. The molecule has 0 aromatic heterocycles. The zero-order chi connectivity index (χ0) is 13.9. The average Bonchev–Trinajstić information content (AvgIpc) is 2.26. The molecular formula is C12H11F3O3. The van der Waals surface area contributed by atoms with Crippen LogP contribution in [0.25, 0.3) is 0 Å². The number of hydrogen-bond donors (Lipinski definition) is 0. The molecule has 0 amide bonds. The molecule has 0 fully saturated rings. The fourth-order valence-electron chi connectivity index (χ4n) is 1.38. The first kappa shape index (κ1) is 14.2. The minimum atomic E-state index is -1.38. The van der Waals surface area contributed by atoms with Gasteiger partial charge in [-0.1, -0.05) is 6.92 Å². The summed E-state index contributed by atoms with van der Waals surface area (Å²) in [6.07, 6.45) is 0.180. The summed E-state index contributed by atoms with van der Waals surface area (Å²) >= 11 is 0. The van der Waals surface area contributed by atoms with Crippen LogP contribution in [0.4, 0.5) is 13.2 Å². The van der Waals surface area contributed by atoms with E-state index in [1.807, 2.05) is 0 Å². The third kappa shape index (κ3) is 3.09. The van der Waals surface area contributed by atoms with Crippen molar-refractivity contribution in [3.05, 3.63) is 29.6 Å². The van der Waals surface area contributed by atoms with Crippen LogP contribution in [0.3, 0.4) is 0 Å². The summed E-state index contributed by atoms with van der Waals surface area (Å²) in [6, 6.07) is 0.697. The van der Waals surface area contributed by atoms with Crippen molar-refractivity contribution in [3.8, 4) is 5.75 Å². The van der Waals surface area contributed by atoms with Crippen LogP contribution >= 0.6 is 0 Å². The van der Waals surface area contributed by atoms with Gasteiger partial charge in [-0.2, -0.15) is 0 Å². The summed E-state index contributed by atoms with van der Waals surface area (Å²) in [6.45, 7) is 2.77. The maximum Gasteiger partial charge on any atom is 0.321 e. The molecule has 18 heavy (non-hydrogen) atoms. The number of ketones is 1. The van der Waals surface area contributed by atoms with E-state index in [-0.39, 0.29) is 12.5 Å². The number of hydrogen-bond acceptors (Lipinski definition) is 3. The first-order valence-electron chi connectivity index (χ1n) is 5.23. The Morgan fingerprint density at radius 2 is 1.72 bits per heavy atom. The number of rotatable bonds is 4. The number of ether oxygens (including phenoxy) is 1. The molecule has 0 aliphatic rings. The highest BCUT2D eigenvalue weighted by atomic mass is 19.2. The van der Waals surface area contributed by atoms with Gasteiger partial charge < -0.3 is 4.74 Å².